The molecule has 5 aromatic heterocycles. The summed E-state index contributed by atoms with van der Waals surface area (Å²) in [6.07, 6.45) is 10.5. The first-order valence-corrected chi connectivity index (χ1v) is 27.2. The fraction of sp³-hybridized carbons (Fsp3) is 0.245. The summed E-state index contributed by atoms with van der Waals surface area (Å²) in [4.78, 5) is 61.2. The van der Waals surface area contributed by atoms with Crippen LogP contribution in [-0.2, 0) is 44.6 Å². The first-order valence-electron chi connectivity index (χ1n) is 23.3. The van der Waals surface area contributed by atoms with Gasteiger partial charge in [0.15, 0.2) is 0 Å². The van der Waals surface area contributed by atoms with Gasteiger partial charge in [0.2, 0.25) is 17.7 Å². The molecule has 0 saturated carbocycles. The molecule has 1 aliphatic heterocycles. The number of amides is 3. The Morgan fingerprint density at radius 1 is 0.737 bits per heavy atom. The molecule has 15 nitrogen and oxygen atoms in total. The third-order valence-corrected chi connectivity index (χ3v) is 13.8. The second-order valence-corrected chi connectivity index (χ2v) is 20.3. The minimum absolute atomic E-state index is 0. The molecule has 8 rings (SSSR count). The van der Waals surface area contributed by atoms with Gasteiger partial charge >= 0.3 is 0 Å². The minimum atomic E-state index is -4.83. The molecule has 6 heterocycles. The van der Waals surface area contributed by atoms with Gasteiger partial charge in [-0.2, -0.15) is 0 Å². The van der Waals surface area contributed by atoms with Gasteiger partial charge in [-0.25, -0.2) is 13.4 Å². The molecule has 1 radical (unpaired) electrons. The third-order valence-electron chi connectivity index (χ3n) is 10.8. The van der Waals surface area contributed by atoms with Crippen LogP contribution in [0.15, 0.2) is 139 Å². The second kappa shape index (κ2) is 30.8. The van der Waals surface area contributed by atoms with E-state index >= 15 is 0 Å². The van der Waals surface area contributed by atoms with E-state index in [0.29, 0.717) is 67.3 Å². The average Bonchev–Trinajstić information content (AvgIpc) is 3.90. The molecule has 0 bridgehead atoms. The summed E-state index contributed by atoms with van der Waals surface area (Å²) in [5.74, 6) is -4.37. The second-order valence-electron chi connectivity index (χ2n) is 16.4. The van der Waals surface area contributed by atoms with Crippen molar-refractivity contribution < 1.29 is 65.0 Å². The monoisotopic (exact) mass is 1270 g/mol. The Labute approximate surface area is 459 Å². The minimum Gasteiger partial charge on any atom is -0.748 e. The number of aromatic nitrogens is 5. The summed E-state index contributed by atoms with van der Waals surface area (Å²) in [6.45, 7) is 3.18. The van der Waals surface area contributed by atoms with Crippen LogP contribution >= 0.6 is 21.6 Å². The van der Waals surface area contributed by atoms with Gasteiger partial charge in [-0.3, -0.25) is 41.9 Å². The third kappa shape index (κ3) is 19.8. The van der Waals surface area contributed by atoms with Gasteiger partial charge in [-0.1, -0.05) is 64.4 Å². The average molecular weight is 1270 g/mol. The van der Waals surface area contributed by atoms with E-state index < -0.39 is 63.0 Å². The van der Waals surface area contributed by atoms with Crippen molar-refractivity contribution in [2.75, 3.05) is 36.0 Å². The number of pyridine rings is 5. The largest absolute Gasteiger partial charge is 0.748 e. The van der Waals surface area contributed by atoms with Crippen molar-refractivity contribution in [1.29, 1.82) is 0 Å². The number of anilines is 1. The molecule has 0 spiro atoms. The Balaban J connectivity index is 0.000000294. The fourth-order valence-corrected chi connectivity index (χ4v) is 9.71. The number of hydrogen-bond acceptors (Lipinski definition) is 14. The summed E-state index contributed by atoms with van der Waals surface area (Å²) in [5, 5.41) is 8.84. The molecule has 3 N–H and O–H groups in total. The Morgan fingerprint density at radius 3 is 1.89 bits per heavy atom. The molecule has 401 valence electrons. The molecule has 1 fully saturated rings. The number of hydrogen-bond donors (Lipinski definition) is 3. The van der Waals surface area contributed by atoms with E-state index in [2.05, 4.69) is 53.0 Å². The van der Waals surface area contributed by atoms with E-state index in [1.54, 1.807) is 84.2 Å². The van der Waals surface area contributed by atoms with E-state index in [4.69, 9.17) is 0 Å². The predicted octanol–water partition coefficient (Wildman–Crippen LogP) is 8.34. The van der Waals surface area contributed by atoms with Gasteiger partial charge < -0.3 is 35.4 Å². The number of carbonyl (C=O) groups excluding carboxylic acids is 3. The number of nitrogens with zero attached hydrogens (tertiary/aromatic N) is 6. The quantitative estimate of drug-likeness (QED) is 0.0229. The van der Waals surface area contributed by atoms with Crippen molar-refractivity contribution in [3.05, 3.63) is 175 Å². The molecule has 76 heavy (non-hydrogen) atoms. The summed E-state index contributed by atoms with van der Waals surface area (Å²) >= 11 is 0. The Hall–Kier alpha value is -6.62. The molecule has 2 aromatic carbocycles. The van der Waals surface area contributed by atoms with Crippen molar-refractivity contribution >= 4 is 55.1 Å². The van der Waals surface area contributed by atoms with E-state index in [1.807, 2.05) is 48.2 Å². The Kier molecular flexibility index (Phi) is 24.4. The van der Waals surface area contributed by atoms with Gasteiger partial charge in [0.1, 0.15) is 17.1 Å². The molecular formula is C53H50F4IrN9O6S3-3. The van der Waals surface area contributed by atoms with Crippen LogP contribution in [0.2, 0.25) is 0 Å². The number of benzene rings is 2. The maximum atomic E-state index is 13.4. The first kappa shape index (κ1) is 60.2. The standard InChI is InChI=1S/C31H39N7O6S3.2C11H6F2N.Ir/c1-22-10-14-32-24(19-22)25-20-23(11-15-33-25)38-17-6-7-27(38)31(41)37-26(21-47(42,43)44)30(40)36-13-4-2-8-28(39)34-16-18-45-46-29-9-3-5-12-35-29;2*12-8-4-5-9(10(13)7-8)11-3-1-2-6-14-11;/h3,5,9-12,14-15,19-20,26-27H,2,4,6-8,13,16-18,21H2,1H3,(H,34,39)(H,36,40)(H,37,41)(H,42,43,44);2*1-4,6-7H;/q;2*-1;/p-1. The van der Waals surface area contributed by atoms with Crippen molar-refractivity contribution in [3.8, 4) is 33.9 Å². The van der Waals surface area contributed by atoms with Gasteiger partial charge in [-0.05, 0) is 109 Å². The van der Waals surface area contributed by atoms with Gasteiger partial charge in [0.05, 0.1) is 27.3 Å². The number of unbranched alkanes of at least 4 members (excludes halogenated alkanes) is 1. The SMILES string of the molecule is Cc1ccnc(-c2cc(N3CCCC3C(=O)NC(CS(=O)(=O)[O-])C(=O)NCCCCC(=O)NCCSSc3ccccn3)ccn2)c1.Fc1c[c-]c(-c2ccccn2)c(F)c1.Fc1c[c-]c(-c2ccccn2)c(F)c1.[Ir]. The topological polar surface area (TPSA) is 212 Å². The van der Waals surface area contributed by atoms with Gasteiger partial charge in [0.25, 0.3) is 0 Å². The number of aryl methyl sites for hydroxylation is 1. The summed E-state index contributed by atoms with van der Waals surface area (Å²) in [7, 11) is -1.70. The van der Waals surface area contributed by atoms with Crippen LogP contribution in [0.25, 0.3) is 33.9 Å². The number of rotatable bonds is 19. The van der Waals surface area contributed by atoms with Crippen molar-refractivity contribution in [2.45, 2.75) is 56.1 Å². The Bertz CT molecular complexity index is 3010. The first-order chi connectivity index (χ1) is 36.1. The van der Waals surface area contributed by atoms with E-state index in [9.17, 15) is 44.9 Å². The molecule has 2 atom stereocenters. The smallest absolute Gasteiger partial charge is 0.243 e. The zero-order chi connectivity index (χ0) is 53.6. The van der Waals surface area contributed by atoms with Crippen molar-refractivity contribution in [3.63, 3.8) is 0 Å². The van der Waals surface area contributed by atoms with Crippen LogP contribution < -0.4 is 20.9 Å². The van der Waals surface area contributed by atoms with E-state index in [0.717, 1.165) is 40.5 Å². The molecule has 2 unspecified atom stereocenters. The normalized spacial score (nSPS) is 13.1. The number of nitrogens with one attached hydrogen (secondary N) is 3. The molecule has 23 heteroatoms. The van der Waals surface area contributed by atoms with Crippen molar-refractivity contribution in [2.24, 2.45) is 0 Å². The number of carbonyl (C=O) groups is 3. The van der Waals surface area contributed by atoms with Crippen molar-refractivity contribution in [1.82, 2.24) is 40.9 Å². The molecule has 1 aliphatic rings. The van der Waals surface area contributed by atoms with E-state index in [-0.39, 0.29) is 50.1 Å². The van der Waals surface area contributed by atoms with Crippen LogP contribution in [0, 0.1) is 42.3 Å². The zero-order valence-electron chi connectivity index (χ0n) is 40.6. The van der Waals surface area contributed by atoms with Gasteiger partial charge in [-0.15, -0.1) is 24.3 Å². The van der Waals surface area contributed by atoms with Gasteiger partial charge in [0, 0.05) is 112 Å². The maximum absolute atomic E-state index is 13.4. The van der Waals surface area contributed by atoms with Crippen LogP contribution in [0.4, 0.5) is 23.2 Å². The van der Waals surface area contributed by atoms with Crippen LogP contribution in [0.5, 0.6) is 0 Å². The zero-order valence-corrected chi connectivity index (χ0v) is 45.5. The summed E-state index contributed by atoms with van der Waals surface area (Å²) in [6, 6.07) is 29.9. The summed E-state index contributed by atoms with van der Waals surface area (Å²) < 4.78 is 86.5. The van der Waals surface area contributed by atoms with E-state index in [1.165, 1.54) is 10.8 Å². The fourth-order valence-electron chi connectivity index (χ4n) is 7.29. The van der Waals surface area contributed by atoms with Crippen LogP contribution in [0.3, 0.4) is 0 Å². The van der Waals surface area contributed by atoms with Crippen LogP contribution in [0.1, 0.15) is 37.7 Å². The molecule has 7 aromatic rings. The maximum Gasteiger partial charge on any atom is 0.243 e. The number of halogens is 4. The molecule has 3 amide bonds. The molecule has 1 saturated heterocycles. The van der Waals surface area contributed by atoms with Crippen LogP contribution in [-0.4, -0.2) is 98.8 Å². The summed E-state index contributed by atoms with van der Waals surface area (Å²) in [5.41, 5.74) is 4.37. The Morgan fingerprint density at radius 2 is 1.33 bits per heavy atom. The molecule has 0 aliphatic carbocycles. The molecular weight excluding hydrogens is 1220 g/mol. The predicted molar refractivity (Wildman–Crippen MR) is 278 cm³/mol.